The number of nitrogens with zero attached hydrogens (tertiary/aromatic N) is 1. The van der Waals surface area contributed by atoms with Gasteiger partial charge < -0.3 is 18.9 Å². The van der Waals surface area contributed by atoms with Crippen LogP contribution in [0, 0.1) is 0 Å². The van der Waals surface area contributed by atoms with Gasteiger partial charge in [0.15, 0.2) is 6.10 Å². The normalized spacial score (nSPS) is 14.2. The van der Waals surface area contributed by atoms with Gasteiger partial charge in [0, 0.05) is 12.8 Å². The van der Waals surface area contributed by atoms with E-state index in [2.05, 4.69) is 123 Å². The minimum atomic E-state index is -4.41. The van der Waals surface area contributed by atoms with Gasteiger partial charge in [-0.1, -0.05) is 238 Å². The highest BCUT2D eigenvalue weighted by molar-refractivity contribution is 7.47. The van der Waals surface area contributed by atoms with E-state index in [1.807, 2.05) is 33.3 Å². The van der Waals surface area contributed by atoms with E-state index in [0.717, 1.165) is 83.5 Å². The zero-order valence-electron chi connectivity index (χ0n) is 47.8. The van der Waals surface area contributed by atoms with Crippen molar-refractivity contribution in [2.45, 2.75) is 225 Å². The van der Waals surface area contributed by atoms with Gasteiger partial charge in [-0.25, -0.2) is 4.57 Å². The Bertz CT molecular complexity index is 1660. The van der Waals surface area contributed by atoms with Gasteiger partial charge in [0.1, 0.15) is 19.8 Å². The van der Waals surface area contributed by atoms with Gasteiger partial charge in [0.25, 0.3) is 0 Å². The van der Waals surface area contributed by atoms with E-state index < -0.39 is 26.5 Å². The summed E-state index contributed by atoms with van der Waals surface area (Å²) in [7, 11) is 1.42. The SMILES string of the molecule is CC/C=C\C/C=C\C/C=C\C/C=C\C/C=C\C/C=C\CCC(=O)OC(COC(=O)CCCCCCCCCCCCCCCCCCCC/C=C\C/C=C\C/C=C\C/C=C\CC)COP(=O)(O)OCC[N+](C)(C)C. The first-order chi connectivity index (χ1) is 36.0. The fraction of sp³-hybridized carbons (Fsp3) is 0.656. The Kier molecular flexibility index (Phi) is 51.6. The molecule has 1 N–H and O–H groups in total. The molecule has 0 rings (SSSR count). The number of hydrogen-bond acceptors (Lipinski definition) is 7. The number of phosphoric ester groups is 1. The summed E-state index contributed by atoms with van der Waals surface area (Å²) in [6, 6.07) is 0. The number of likely N-dealkylation sites (N-methyl/N-ethyl adjacent to an activating group) is 1. The van der Waals surface area contributed by atoms with Crippen molar-refractivity contribution in [3.05, 3.63) is 122 Å². The molecule has 9 nitrogen and oxygen atoms in total. The fourth-order valence-electron chi connectivity index (χ4n) is 7.56. The molecule has 0 radical (unpaired) electrons. The Hall–Kier alpha value is -3.59. The third kappa shape index (κ3) is 57.7. The first-order valence-electron chi connectivity index (χ1n) is 29.3. The molecule has 10 heteroatoms. The molecule has 0 aliphatic carbocycles. The number of rotatable bonds is 52. The molecule has 74 heavy (non-hydrogen) atoms. The lowest BCUT2D eigenvalue weighted by atomic mass is 10.0. The van der Waals surface area contributed by atoms with Crippen LogP contribution in [0.3, 0.4) is 0 Å². The van der Waals surface area contributed by atoms with E-state index in [0.29, 0.717) is 17.4 Å². The molecule has 0 heterocycles. The molecule has 0 spiro atoms. The molecule has 2 unspecified atom stereocenters. The van der Waals surface area contributed by atoms with Crippen LogP contribution in [0.15, 0.2) is 122 Å². The van der Waals surface area contributed by atoms with Crippen LogP contribution in [0.1, 0.15) is 219 Å². The van der Waals surface area contributed by atoms with Crippen LogP contribution in [0.5, 0.6) is 0 Å². The van der Waals surface area contributed by atoms with Crippen LogP contribution in [0.4, 0.5) is 0 Å². The van der Waals surface area contributed by atoms with Gasteiger partial charge in [-0.15, -0.1) is 0 Å². The van der Waals surface area contributed by atoms with Crippen LogP contribution in [0.25, 0.3) is 0 Å². The standard InChI is InChI=1S/C64H108NO8P/c1-6-8-10-12-14-16-18-20-22-24-26-27-28-29-30-31-32-33-34-35-36-37-39-40-42-44-46-48-50-52-54-56-63(66)70-60-62(61-72-74(68,69)71-59-58-65(3,4)5)73-64(67)57-55-53-51-49-47-45-43-41-38-25-23-21-19-17-15-13-11-9-7-2/h8-11,14-17,20-23,26-27,38,41,45,47,51,53,62H,6-7,12-13,18-19,24-25,28-37,39-40,42-44,46,48-50,52,54-61H2,1-5H3/p+1/b10-8-,11-9-,16-14-,17-15-,22-20-,23-21-,27-26-,41-38-,47-45-,53-51-. The number of unbranched alkanes of at least 4 members (excludes halogenated alkanes) is 18. The van der Waals surface area contributed by atoms with Crippen LogP contribution in [-0.4, -0.2) is 74.9 Å². The van der Waals surface area contributed by atoms with E-state index in [4.69, 9.17) is 18.5 Å². The second-order valence-electron chi connectivity index (χ2n) is 20.3. The van der Waals surface area contributed by atoms with Gasteiger partial charge in [-0.2, -0.15) is 0 Å². The van der Waals surface area contributed by atoms with Crippen molar-refractivity contribution in [1.82, 2.24) is 0 Å². The third-order valence-corrected chi connectivity index (χ3v) is 13.0. The maximum atomic E-state index is 12.8. The average Bonchev–Trinajstić information content (AvgIpc) is 3.36. The van der Waals surface area contributed by atoms with Crippen molar-refractivity contribution in [3.8, 4) is 0 Å². The van der Waals surface area contributed by atoms with Crippen LogP contribution in [-0.2, 0) is 32.7 Å². The molecule has 0 aliphatic heterocycles. The number of ether oxygens (including phenoxy) is 2. The number of carbonyl (C=O) groups excluding carboxylic acids is 2. The Morgan fingerprint density at radius 2 is 0.757 bits per heavy atom. The molecular weight excluding hydrogens is 942 g/mol. The summed E-state index contributed by atoms with van der Waals surface area (Å²) < 4.78 is 34.4. The molecule has 0 saturated heterocycles. The highest BCUT2D eigenvalue weighted by Crippen LogP contribution is 2.43. The maximum absolute atomic E-state index is 12.8. The Balaban J connectivity index is 4.17. The molecular formula is C64H109NO8P+. The molecule has 0 bridgehead atoms. The lowest BCUT2D eigenvalue weighted by Crippen LogP contribution is -2.37. The van der Waals surface area contributed by atoms with Gasteiger partial charge >= 0.3 is 19.8 Å². The van der Waals surface area contributed by atoms with Crippen molar-refractivity contribution >= 4 is 19.8 Å². The molecule has 0 aliphatic rings. The van der Waals surface area contributed by atoms with Gasteiger partial charge in [-0.05, 0) is 89.9 Å². The number of quaternary nitrogens is 1. The van der Waals surface area contributed by atoms with Gasteiger partial charge in [0.2, 0.25) is 0 Å². The van der Waals surface area contributed by atoms with Crippen LogP contribution >= 0.6 is 7.82 Å². The summed E-state index contributed by atoms with van der Waals surface area (Å²) >= 11 is 0. The van der Waals surface area contributed by atoms with E-state index >= 15 is 0 Å². The van der Waals surface area contributed by atoms with Crippen molar-refractivity contribution < 1.29 is 42.1 Å². The minimum absolute atomic E-state index is 0.0129. The zero-order valence-corrected chi connectivity index (χ0v) is 48.7. The minimum Gasteiger partial charge on any atom is -0.462 e. The number of phosphoric acid groups is 1. The molecule has 422 valence electrons. The molecule has 0 aromatic carbocycles. The maximum Gasteiger partial charge on any atom is 0.472 e. The lowest BCUT2D eigenvalue weighted by Gasteiger charge is -2.24. The lowest BCUT2D eigenvalue weighted by molar-refractivity contribution is -0.870. The summed E-state index contributed by atoms with van der Waals surface area (Å²) in [6.07, 6.45) is 77.3. The van der Waals surface area contributed by atoms with E-state index in [-0.39, 0.29) is 32.0 Å². The average molecular weight is 1050 g/mol. The molecule has 0 fully saturated rings. The third-order valence-electron chi connectivity index (χ3n) is 12.0. The van der Waals surface area contributed by atoms with E-state index in [9.17, 15) is 19.0 Å². The molecule has 0 saturated carbocycles. The predicted octanol–water partition coefficient (Wildman–Crippen LogP) is 18.4. The smallest absolute Gasteiger partial charge is 0.462 e. The number of hydrogen-bond donors (Lipinski definition) is 1. The van der Waals surface area contributed by atoms with Crippen LogP contribution in [0.2, 0.25) is 0 Å². The number of carbonyl (C=O) groups is 2. The number of allylic oxidation sites excluding steroid dienone is 20. The summed E-state index contributed by atoms with van der Waals surface area (Å²) in [5.74, 6) is -0.899. The summed E-state index contributed by atoms with van der Waals surface area (Å²) in [5, 5.41) is 0. The first-order valence-corrected chi connectivity index (χ1v) is 30.8. The molecule has 0 amide bonds. The highest BCUT2D eigenvalue weighted by Gasteiger charge is 2.27. The van der Waals surface area contributed by atoms with Crippen molar-refractivity contribution in [3.63, 3.8) is 0 Å². The molecule has 0 aromatic heterocycles. The second-order valence-corrected chi connectivity index (χ2v) is 21.7. The summed E-state index contributed by atoms with van der Waals surface area (Å²) in [5.41, 5.74) is 0. The number of esters is 2. The summed E-state index contributed by atoms with van der Waals surface area (Å²) in [6.45, 7) is 4.11. The highest BCUT2D eigenvalue weighted by atomic mass is 31.2. The monoisotopic (exact) mass is 1050 g/mol. The first kappa shape index (κ1) is 70.4. The Morgan fingerprint density at radius 1 is 0.419 bits per heavy atom. The van der Waals surface area contributed by atoms with Crippen molar-refractivity contribution in [2.75, 3.05) is 47.5 Å². The van der Waals surface area contributed by atoms with Gasteiger partial charge in [-0.3, -0.25) is 18.6 Å². The molecule has 0 aromatic rings. The zero-order chi connectivity index (χ0) is 54.2. The molecule has 2 atom stereocenters. The van der Waals surface area contributed by atoms with E-state index in [1.165, 1.54) is 103 Å². The Labute approximate surface area is 454 Å². The van der Waals surface area contributed by atoms with Crippen molar-refractivity contribution in [1.29, 1.82) is 0 Å². The second kappa shape index (κ2) is 54.2. The Morgan fingerprint density at radius 3 is 1.14 bits per heavy atom. The topological polar surface area (TPSA) is 108 Å². The van der Waals surface area contributed by atoms with Crippen LogP contribution < -0.4 is 0 Å². The summed E-state index contributed by atoms with van der Waals surface area (Å²) in [4.78, 5) is 35.6. The van der Waals surface area contributed by atoms with Gasteiger partial charge in [0.05, 0.1) is 27.7 Å². The largest absolute Gasteiger partial charge is 0.472 e. The van der Waals surface area contributed by atoms with Crippen molar-refractivity contribution in [2.24, 2.45) is 0 Å². The predicted molar refractivity (Wildman–Crippen MR) is 316 cm³/mol. The quantitative estimate of drug-likeness (QED) is 0.0211. The van der Waals surface area contributed by atoms with E-state index in [1.54, 1.807) is 0 Å². The fourth-order valence-corrected chi connectivity index (χ4v) is 8.30.